The number of aliphatic carboxylic acids is 1. The number of fused-ring (bicyclic) bond motifs is 1. The number of ether oxygens (including phenoxy) is 3. The Balaban J connectivity index is 1.36. The first-order valence-electron chi connectivity index (χ1n) is 11.8. The minimum atomic E-state index is -1.16. The average Bonchev–Trinajstić information content (AvgIpc) is 2.91. The van der Waals surface area contributed by atoms with Crippen LogP contribution < -0.4 is 19.8 Å². The number of carboxylic acids is 1. The van der Waals surface area contributed by atoms with E-state index in [1.807, 2.05) is 12.1 Å². The number of hydrogen-bond acceptors (Lipinski definition) is 7. The number of carboxylic acid groups (broad SMARTS) is 1. The minimum Gasteiger partial charge on any atom is -0.497 e. The zero-order chi connectivity index (χ0) is 27.1. The normalized spacial score (nSPS) is 10.7. The molecular formula is C28H27N3O7. The van der Waals surface area contributed by atoms with E-state index in [0.717, 1.165) is 4.90 Å². The van der Waals surface area contributed by atoms with Crippen molar-refractivity contribution in [2.45, 2.75) is 20.0 Å². The van der Waals surface area contributed by atoms with Crippen LogP contribution in [0.5, 0.6) is 17.2 Å². The third kappa shape index (κ3) is 6.47. The van der Waals surface area contributed by atoms with Crippen molar-refractivity contribution in [3.63, 3.8) is 0 Å². The molecule has 10 nitrogen and oxygen atoms in total. The fraction of sp³-hybridized carbons (Fsp3) is 0.214. The predicted molar refractivity (Wildman–Crippen MR) is 140 cm³/mol. The largest absolute Gasteiger partial charge is 0.497 e. The van der Waals surface area contributed by atoms with Crippen molar-refractivity contribution in [2.75, 3.05) is 20.3 Å². The highest BCUT2D eigenvalue weighted by Gasteiger charge is 2.20. The van der Waals surface area contributed by atoms with Gasteiger partial charge < -0.3 is 19.3 Å². The Kier molecular flexibility index (Phi) is 8.22. The summed E-state index contributed by atoms with van der Waals surface area (Å²) in [5.41, 5.74) is 1.23. The van der Waals surface area contributed by atoms with E-state index in [9.17, 15) is 19.5 Å². The van der Waals surface area contributed by atoms with E-state index in [2.05, 4.69) is 4.98 Å². The second-order valence-electron chi connectivity index (χ2n) is 8.42. The van der Waals surface area contributed by atoms with Crippen LogP contribution in [0.2, 0.25) is 0 Å². The van der Waals surface area contributed by atoms with Crippen molar-refractivity contribution in [3.8, 4) is 17.2 Å². The highest BCUT2D eigenvalue weighted by molar-refractivity contribution is 5.78. The highest BCUT2D eigenvalue weighted by Crippen LogP contribution is 2.19. The Bertz CT molecular complexity index is 1480. The van der Waals surface area contributed by atoms with Crippen molar-refractivity contribution in [1.29, 1.82) is 0 Å². The molecule has 0 bridgehead atoms. The van der Waals surface area contributed by atoms with Gasteiger partial charge in [0.05, 0.1) is 24.6 Å². The fourth-order valence-electron chi connectivity index (χ4n) is 3.87. The minimum absolute atomic E-state index is 0.0267. The van der Waals surface area contributed by atoms with E-state index in [4.69, 9.17) is 14.2 Å². The van der Waals surface area contributed by atoms with Gasteiger partial charge in [0.1, 0.15) is 36.2 Å². The van der Waals surface area contributed by atoms with Crippen LogP contribution in [0.15, 0.2) is 77.6 Å². The SMILES string of the molecule is COc1ccc(OC(=O)N(CC(=O)O)Cc2ccc(OCCn3c(C)nc4ccccc4c3=O)cc2)cc1. The summed E-state index contributed by atoms with van der Waals surface area (Å²) in [6.07, 6.45) is -0.789. The van der Waals surface area contributed by atoms with Gasteiger partial charge in [-0.1, -0.05) is 24.3 Å². The molecule has 0 saturated carbocycles. The molecule has 196 valence electrons. The lowest BCUT2D eigenvalue weighted by molar-refractivity contribution is -0.138. The molecule has 1 aromatic heterocycles. The van der Waals surface area contributed by atoms with E-state index in [1.54, 1.807) is 72.2 Å². The van der Waals surface area contributed by atoms with Gasteiger partial charge in [-0.2, -0.15) is 0 Å². The number of aryl methyl sites for hydroxylation is 1. The van der Waals surface area contributed by atoms with Gasteiger partial charge in [0.25, 0.3) is 5.56 Å². The number of methoxy groups -OCH3 is 1. The second kappa shape index (κ2) is 11.9. The molecule has 0 saturated heterocycles. The number of carbonyl (C=O) groups excluding carboxylic acids is 1. The zero-order valence-corrected chi connectivity index (χ0v) is 21.0. The van der Waals surface area contributed by atoms with Gasteiger partial charge in [-0.15, -0.1) is 0 Å². The van der Waals surface area contributed by atoms with Crippen molar-refractivity contribution in [3.05, 3.63) is 94.5 Å². The molecule has 1 N–H and O–H groups in total. The van der Waals surface area contributed by atoms with Gasteiger partial charge in [0.15, 0.2) is 0 Å². The number of para-hydroxylation sites is 1. The molecule has 0 spiro atoms. The molecule has 3 aromatic carbocycles. The van der Waals surface area contributed by atoms with Crippen molar-refractivity contribution in [1.82, 2.24) is 14.5 Å². The van der Waals surface area contributed by atoms with E-state index < -0.39 is 18.6 Å². The average molecular weight is 518 g/mol. The summed E-state index contributed by atoms with van der Waals surface area (Å²) in [5, 5.41) is 9.82. The maximum Gasteiger partial charge on any atom is 0.416 e. The monoisotopic (exact) mass is 517 g/mol. The second-order valence-corrected chi connectivity index (χ2v) is 8.42. The Morgan fingerprint density at radius 2 is 1.61 bits per heavy atom. The van der Waals surface area contributed by atoms with Crippen LogP contribution in [-0.4, -0.2) is 51.9 Å². The maximum atomic E-state index is 12.8. The molecule has 0 aliphatic carbocycles. The highest BCUT2D eigenvalue weighted by atomic mass is 16.6. The first-order chi connectivity index (χ1) is 18.3. The first kappa shape index (κ1) is 26.2. The van der Waals surface area contributed by atoms with Crippen molar-refractivity contribution >= 4 is 23.0 Å². The Hall–Kier alpha value is -4.86. The van der Waals surface area contributed by atoms with Gasteiger partial charge >= 0.3 is 12.1 Å². The maximum absolute atomic E-state index is 12.8. The lowest BCUT2D eigenvalue weighted by Gasteiger charge is -2.20. The van der Waals surface area contributed by atoms with Crippen LogP contribution in [-0.2, 0) is 17.9 Å². The fourth-order valence-corrected chi connectivity index (χ4v) is 3.87. The molecule has 0 aliphatic heterocycles. The number of hydrogen-bond donors (Lipinski definition) is 1. The van der Waals surface area contributed by atoms with Crippen LogP contribution >= 0.6 is 0 Å². The van der Waals surface area contributed by atoms with Crippen LogP contribution in [0.25, 0.3) is 10.9 Å². The number of carbonyl (C=O) groups is 2. The summed E-state index contributed by atoms with van der Waals surface area (Å²) in [5.74, 6) is 0.883. The lowest BCUT2D eigenvalue weighted by atomic mass is 10.2. The molecule has 0 unspecified atom stereocenters. The van der Waals surface area contributed by atoms with Crippen LogP contribution in [0, 0.1) is 6.92 Å². The van der Waals surface area contributed by atoms with Gasteiger partial charge in [-0.3, -0.25) is 19.1 Å². The number of rotatable bonds is 10. The number of aromatic nitrogens is 2. The van der Waals surface area contributed by atoms with Gasteiger partial charge in [0, 0.05) is 6.54 Å². The van der Waals surface area contributed by atoms with Crippen molar-refractivity contribution < 1.29 is 28.9 Å². The molecule has 1 heterocycles. The van der Waals surface area contributed by atoms with E-state index in [0.29, 0.717) is 40.3 Å². The predicted octanol–water partition coefficient (Wildman–Crippen LogP) is 3.88. The summed E-state index contributed by atoms with van der Waals surface area (Å²) in [7, 11) is 1.52. The third-order valence-corrected chi connectivity index (χ3v) is 5.78. The zero-order valence-electron chi connectivity index (χ0n) is 21.0. The summed E-state index contributed by atoms with van der Waals surface area (Å²) < 4.78 is 17.8. The summed E-state index contributed by atoms with van der Waals surface area (Å²) in [6, 6.07) is 20.5. The Labute approximate surface area is 218 Å². The van der Waals surface area contributed by atoms with E-state index >= 15 is 0 Å². The van der Waals surface area contributed by atoms with Gasteiger partial charge in [0.2, 0.25) is 0 Å². The van der Waals surface area contributed by atoms with Gasteiger partial charge in [-0.25, -0.2) is 9.78 Å². The Morgan fingerprint density at radius 1 is 0.947 bits per heavy atom. The molecule has 1 amide bonds. The smallest absolute Gasteiger partial charge is 0.416 e. The Morgan fingerprint density at radius 3 is 2.29 bits per heavy atom. The molecule has 4 aromatic rings. The first-order valence-corrected chi connectivity index (χ1v) is 11.8. The van der Waals surface area contributed by atoms with Crippen LogP contribution in [0.1, 0.15) is 11.4 Å². The number of benzene rings is 3. The summed E-state index contributed by atoms with van der Waals surface area (Å²) in [6.45, 7) is 1.86. The summed E-state index contributed by atoms with van der Waals surface area (Å²) >= 11 is 0. The quantitative estimate of drug-likeness (QED) is 0.337. The standard InChI is InChI=1S/C28H27N3O7/c1-19-29-25-6-4-3-5-24(25)27(34)31(19)15-16-37-22-9-7-20(8-10-22)17-30(18-26(32)33)28(35)38-23-13-11-21(36-2)12-14-23/h3-14H,15-18H2,1-2H3,(H,32,33). The van der Waals surface area contributed by atoms with E-state index in [1.165, 1.54) is 7.11 Å². The molecule has 10 heteroatoms. The molecule has 38 heavy (non-hydrogen) atoms. The summed E-state index contributed by atoms with van der Waals surface area (Å²) in [4.78, 5) is 42.3. The molecule has 0 radical (unpaired) electrons. The third-order valence-electron chi connectivity index (χ3n) is 5.78. The molecular weight excluding hydrogens is 490 g/mol. The van der Waals surface area contributed by atoms with Gasteiger partial charge in [-0.05, 0) is 61.0 Å². The van der Waals surface area contributed by atoms with E-state index in [-0.39, 0.29) is 24.5 Å². The number of nitrogens with zero attached hydrogens (tertiary/aromatic N) is 3. The molecule has 0 aliphatic rings. The van der Waals surface area contributed by atoms with Crippen molar-refractivity contribution in [2.24, 2.45) is 0 Å². The number of amides is 1. The van der Waals surface area contributed by atoms with Crippen LogP contribution in [0.4, 0.5) is 4.79 Å². The van der Waals surface area contributed by atoms with Crippen LogP contribution in [0.3, 0.4) is 0 Å². The lowest BCUT2D eigenvalue weighted by Crippen LogP contribution is -2.37. The topological polar surface area (TPSA) is 120 Å². The molecule has 0 atom stereocenters. The molecule has 0 fully saturated rings. The molecule has 4 rings (SSSR count).